The third kappa shape index (κ3) is 3.70. The third-order valence-corrected chi connectivity index (χ3v) is 3.00. The number of hydrogen-bond acceptors (Lipinski definition) is 5. The molecule has 2 aromatic rings. The largest absolute Gasteiger partial charge is 0.496 e. The van der Waals surface area contributed by atoms with Crippen LogP contribution in [0, 0.1) is 10.1 Å². The van der Waals surface area contributed by atoms with Crippen LogP contribution < -0.4 is 15.2 Å². The minimum atomic E-state index is -0.446. The van der Waals surface area contributed by atoms with Gasteiger partial charge < -0.3 is 15.2 Å². The lowest BCUT2D eigenvalue weighted by molar-refractivity contribution is -0.385. The summed E-state index contributed by atoms with van der Waals surface area (Å²) in [5.74, 6) is 1.21. The Kier molecular flexibility index (Phi) is 4.73. The second-order valence-electron chi connectivity index (χ2n) is 4.39. The van der Waals surface area contributed by atoms with Crippen LogP contribution in [0.2, 0.25) is 0 Å². The number of benzene rings is 2. The van der Waals surface area contributed by atoms with Crippen molar-refractivity contribution in [2.24, 2.45) is 5.73 Å². The molecular formula is C15H16N2O4. The second kappa shape index (κ2) is 6.71. The van der Waals surface area contributed by atoms with Crippen LogP contribution in [0.3, 0.4) is 0 Å². The van der Waals surface area contributed by atoms with E-state index in [0.29, 0.717) is 23.6 Å². The number of hydrogen-bond donors (Lipinski definition) is 1. The Labute approximate surface area is 122 Å². The topological polar surface area (TPSA) is 87.6 Å². The third-order valence-electron chi connectivity index (χ3n) is 3.00. The first-order valence-electron chi connectivity index (χ1n) is 6.37. The van der Waals surface area contributed by atoms with Gasteiger partial charge in [0, 0.05) is 24.2 Å². The maximum absolute atomic E-state index is 10.8. The molecule has 21 heavy (non-hydrogen) atoms. The number of nitro benzene ring substituents is 1. The zero-order valence-electron chi connectivity index (χ0n) is 11.6. The highest BCUT2D eigenvalue weighted by Gasteiger charge is 2.12. The summed E-state index contributed by atoms with van der Waals surface area (Å²) in [7, 11) is 1.51. The Morgan fingerprint density at radius 2 is 2.05 bits per heavy atom. The van der Waals surface area contributed by atoms with E-state index in [1.54, 1.807) is 6.07 Å². The van der Waals surface area contributed by atoms with Gasteiger partial charge in [-0.3, -0.25) is 10.1 Å². The molecule has 0 aromatic heterocycles. The quantitative estimate of drug-likeness (QED) is 0.652. The van der Waals surface area contributed by atoms with Crippen molar-refractivity contribution in [3.8, 4) is 11.5 Å². The Balaban J connectivity index is 2.17. The van der Waals surface area contributed by atoms with Crippen LogP contribution in [-0.4, -0.2) is 12.0 Å². The Bertz CT molecular complexity index is 643. The number of rotatable bonds is 6. The highest BCUT2D eigenvalue weighted by atomic mass is 16.6. The SMILES string of the molecule is COc1ccc([N+](=O)[O-])cc1COc1cccc(CN)c1. The minimum absolute atomic E-state index is 0.00473. The molecule has 6 heteroatoms. The van der Waals surface area contributed by atoms with Gasteiger partial charge in [-0.15, -0.1) is 0 Å². The molecule has 0 spiro atoms. The van der Waals surface area contributed by atoms with E-state index in [4.69, 9.17) is 15.2 Å². The molecule has 2 aromatic carbocycles. The smallest absolute Gasteiger partial charge is 0.270 e. The number of methoxy groups -OCH3 is 1. The summed E-state index contributed by atoms with van der Waals surface area (Å²) in [5, 5.41) is 10.8. The van der Waals surface area contributed by atoms with Crippen molar-refractivity contribution < 1.29 is 14.4 Å². The molecule has 0 atom stereocenters. The second-order valence-corrected chi connectivity index (χ2v) is 4.39. The first-order chi connectivity index (χ1) is 10.1. The fraction of sp³-hybridized carbons (Fsp3) is 0.200. The van der Waals surface area contributed by atoms with Crippen molar-refractivity contribution in [2.75, 3.05) is 7.11 Å². The summed E-state index contributed by atoms with van der Waals surface area (Å²) in [6.07, 6.45) is 0. The van der Waals surface area contributed by atoms with Crippen LogP contribution in [0.15, 0.2) is 42.5 Å². The molecule has 0 saturated heterocycles. The minimum Gasteiger partial charge on any atom is -0.496 e. The van der Waals surface area contributed by atoms with Crippen molar-refractivity contribution in [1.29, 1.82) is 0 Å². The van der Waals surface area contributed by atoms with Gasteiger partial charge in [-0.2, -0.15) is 0 Å². The van der Waals surface area contributed by atoms with E-state index in [-0.39, 0.29) is 12.3 Å². The highest BCUT2D eigenvalue weighted by Crippen LogP contribution is 2.25. The Morgan fingerprint density at radius 3 is 2.71 bits per heavy atom. The van der Waals surface area contributed by atoms with Crippen LogP contribution >= 0.6 is 0 Å². The predicted octanol–water partition coefficient (Wildman–Crippen LogP) is 2.64. The van der Waals surface area contributed by atoms with Crippen molar-refractivity contribution >= 4 is 5.69 Å². The molecule has 0 aliphatic heterocycles. The highest BCUT2D eigenvalue weighted by molar-refractivity contribution is 5.43. The van der Waals surface area contributed by atoms with E-state index in [1.807, 2.05) is 24.3 Å². The van der Waals surface area contributed by atoms with Crippen molar-refractivity contribution in [3.05, 3.63) is 63.7 Å². The summed E-state index contributed by atoms with van der Waals surface area (Å²) in [5.41, 5.74) is 7.15. The maximum Gasteiger partial charge on any atom is 0.270 e. The average molecular weight is 288 g/mol. The van der Waals surface area contributed by atoms with Gasteiger partial charge in [-0.05, 0) is 23.8 Å². The molecule has 2 rings (SSSR count). The van der Waals surface area contributed by atoms with Crippen molar-refractivity contribution in [3.63, 3.8) is 0 Å². The average Bonchev–Trinajstić information content (AvgIpc) is 2.52. The zero-order valence-corrected chi connectivity index (χ0v) is 11.6. The first-order valence-corrected chi connectivity index (χ1v) is 6.37. The molecule has 6 nitrogen and oxygen atoms in total. The predicted molar refractivity (Wildman–Crippen MR) is 78.3 cm³/mol. The lowest BCUT2D eigenvalue weighted by Crippen LogP contribution is -2.01. The van der Waals surface area contributed by atoms with Gasteiger partial charge in [0.05, 0.1) is 12.0 Å². The van der Waals surface area contributed by atoms with Gasteiger partial charge in [-0.1, -0.05) is 12.1 Å². The number of non-ortho nitro benzene ring substituents is 1. The molecule has 0 bridgehead atoms. The summed E-state index contributed by atoms with van der Waals surface area (Å²) in [6, 6.07) is 11.8. The summed E-state index contributed by atoms with van der Waals surface area (Å²) in [6.45, 7) is 0.607. The Morgan fingerprint density at radius 1 is 1.24 bits per heavy atom. The number of nitrogens with two attached hydrogens (primary N) is 1. The molecule has 2 N–H and O–H groups in total. The number of nitrogens with zero attached hydrogens (tertiary/aromatic N) is 1. The number of nitro groups is 1. The molecule has 0 amide bonds. The van der Waals surface area contributed by atoms with Gasteiger partial charge in [0.15, 0.2) is 0 Å². The van der Waals surface area contributed by atoms with E-state index in [1.165, 1.54) is 19.2 Å². The van der Waals surface area contributed by atoms with Crippen LogP contribution in [0.1, 0.15) is 11.1 Å². The van der Waals surface area contributed by atoms with Crippen LogP contribution in [0.25, 0.3) is 0 Å². The normalized spacial score (nSPS) is 10.2. The maximum atomic E-state index is 10.8. The molecule has 0 fully saturated rings. The van der Waals surface area contributed by atoms with Crippen molar-refractivity contribution in [2.45, 2.75) is 13.2 Å². The molecule has 110 valence electrons. The van der Waals surface area contributed by atoms with E-state index in [0.717, 1.165) is 5.56 Å². The molecule has 0 saturated carbocycles. The summed E-state index contributed by atoms with van der Waals surface area (Å²) < 4.78 is 10.8. The monoisotopic (exact) mass is 288 g/mol. The Hall–Kier alpha value is -2.60. The lowest BCUT2D eigenvalue weighted by atomic mass is 10.2. The lowest BCUT2D eigenvalue weighted by Gasteiger charge is -2.10. The van der Waals surface area contributed by atoms with Gasteiger partial charge >= 0.3 is 0 Å². The molecule has 0 heterocycles. The summed E-state index contributed by atoms with van der Waals surface area (Å²) in [4.78, 5) is 10.4. The van der Waals surface area contributed by atoms with Crippen LogP contribution in [0.5, 0.6) is 11.5 Å². The van der Waals surface area contributed by atoms with Gasteiger partial charge in [0.2, 0.25) is 0 Å². The van der Waals surface area contributed by atoms with Crippen LogP contribution in [-0.2, 0) is 13.2 Å². The number of ether oxygens (including phenoxy) is 2. The van der Waals surface area contributed by atoms with E-state index < -0.39 is 4.92 Å². The van der Waals surface area contributed by atoms with Gasteiger partial charge in [0.1, 0.15) is 18.1 Å². The van der Waals surface area contributed by atoms with E-state index >= 15 is 0 Å². The standard InChI is InChI=1S/C15H16N2O4/c1-20-15-6-5-13(17(18)19)8-12(15)10-21-14-4-2-3-11(7-14)9-16/h2-8H,9-10,16H2,1H3. The van der Waals surface area contributed by atoms with E-state index in [9.17, 15) is 10.1 Å². The fourth-order valence-electron chi connectivity index (χ4n) is 1.91. The molecule has 0 radical (unpaired) electrons. The first kappa shape index (κ1) is 14.8. The van der Waals surface area contributed by atoms with Crippen LogP contribution in [0.4, 0.5) is 5.69 Å². The summed E-state index contributed by atoms with van der Waals surface area (Å²) >= 11 is 0. The van der Waals surface area contributed by atoms with Crippen molar-refractivity contribution in [1.82, 2.24) is 0 Å². The molecular weight excluding hydrogens is 272 g/mol. The van der Waals surface area contributed by atoms with Gasteiger partial charge in [0.25, 0.3) is 5.69 Å². The molecule has 0 unspecified atom stereocenters. The van der Waals surface area contributed by atoms with Gasteiger partial charge in [-0.25, -0.2) is 0 Å². The molecule has 0 aliphatic carbocycles. The van der Waals surface area contributed by atoms with E-state index in [2.05, 4.69) is 0 Å². The zero-order chi connectivity index (χ0) is 15.2. The molecule has 0 aliphatic rings. The fourth-order valence-corrected chi connectivity index (χ4v) is 1.91.